The van der Waals surface area contributed by atoms with E-state index in [2.05, 4.69) is 0 Å². The van der Waals surface area contributed by atoms with E-state index >= 15 is 0 Å². The number of alkyl halides is 1. The van der Waals surface area contributed by atoms with Crippen molar-refractivity contribution in [1.29, 1.82) is 0 Å². The molecular formula is C16H26INO6. The van der Waals surface area contributed by atoms with Crippen LogP contribution in [0.1, 0.15) is 52.9 Å². The third kappa shape index (κ3) is 6.92. The van der Waals surface area contributed by atoms with Crippen LogP contribution in [0.15, 0.2) is 0 Å². The van der Waals surface area contributed by atoms with Crippen molar-refractivity contribution in [3.05, 3.63) is 0 Å². The molecule has 0 bridgehead atoms. The third-order valence-corrected chi connectivity index (χ3v) is 4.50. The molecule has 0 spiro atoms. The normalized spacial score (nSPS) is 24.8. The third-order valence-electron chi connectivity index (χ3n) is 4.06. The molecule has 8 heteroatoms. The number of carbonyl (C=O) groups excluding carboxylic acids is 2. The van der Waals surface area contributed by atoms with Crippen LogP contribution in [0.25, 0.3) is 0 Å². The molecule has 1 aliphatic carbocycles. The minimum atomic E-state index is -1.41. The van der Waals surface area contributed by atoms with Gasteiger partial charge in [0, 0.05) is 35.9 Å². The fourth-order valence-electron chi connectivity index (χ4n) is 2.76. The van der Waals surface area contributed by atoms with Crippen LogP contribution in [0.2, 0.25) is 0 Å². The van der Waals surface area contributed by atoms with Gasteiger partial charge in [-0.1, -0.05) is 13.8 Å². The molecule has 1 rings (SSSR count). The number of hydrogen-bond donors (Lipinski definition) is 2. The summed E-state index contributed by atoms with van der Waals surface area (Å²) in [4.78, 5) is 34.9. The molecule has 0 aromatic carbocycles. The summed E-state index contributed by atoms with van der Waals surface area (Å²) in [5.41, 5.74) is 5.97. The second-order valence-corrected chi connectivity index (χ2v) is 8.76. The number of ether oxygens (including phenoxy) is 2. The molecule has 0 aromatic heterocycles. The van der Waals surface area contributed by atoms with Gasteiger partial charge in [-0.15, -0.1) is 0 Å². The molecule has 138 valence electrons. The molecule has 0 radical (unpaired) electrons. The Morgan fingerprint density at radius 2 is 1.75 bits per heavy atom. The fourth-order valence-corrected chi connectivity index (χ4v) is 3.23. The van der Waals surface area contributed by atoms with Gasteiger partial charge in [-0.05, 0) is 37.5 Å². The Bertz CT molecular complexity index is 471. The first-order valence-corrected chi connectivity index (χ1v) is 9.21. The summed E-state index contributed by atoms with van der Waals surface area (Å²) in [5, 5.41) is 9.00. The van der Waals surface area contributed by atoms with Crippen molar-refractivity contribution >= 4 is 40.5 Å². The lowest BCUT2D eigenvalue weighted by atomic mass is 9.79. The summed E-state index contributed by atoms with van der Waals surface area (Å²) in [6, 6.07) is -0.849. The summed E-state index contributed by atoms with van der Waals surface area (Å²) in [6.07, 6.45) is 2.38. The molecule has 2 atom stereocenters. The standard InChI is InChI=1S/C16H26INO6/c1-9(2)8-12(19)23-16(3,17)24-15(22)13(18)10-4-6-11(7-5-10)14(20)21/h9-11,13H,4-8,18H2,1-3H3,(H,20,21). The van der Waals surface area contributed by atoms with Crippen molar-refractivity contribution in [2.24, 2.45) is 23.5 Å². The molecule has 2 unspecified atom stereocenters. The number of halogens is 1. The van der Waals surface area contributed by atoms with Gasteiger partial charge in [0.1, 0.15) is 6.04 Å². The molecule has 3 N–H and O–H groups in total. The van der Waals surface area contributed by atoms with Crippen molar-refractivity contribution < 1.29 is 29.0 Å². The Kier molecular flexibility index (Phi) is 7.91. The summed E-state index contributed by atoms with van der Waals surface area (Å²) in [6.45, 7) is 5.26. The van der Waals surface area contributed by atoms with Crippen LogP contribution < -0.4 is 5.73 Å². The van der Waals surface area contributed by atoms with Gasteiger partial charge in [0.2, 0.25) is 0 Å². The van der Waals surface area contributed by atoms with E-state index in [0.29, 0.717) is 25.7 Å². The molecule has 0 amide bonds. The van der Waals surface area contributed by atoms with E-state index in [1.165, 1.54) is 6.92 Å². The highest BCUT2D eigenvalue weighted by Gasteiger charge is 2.37. The molecule has 0 aromatic rings. The summed E-state index contributed by atoms with van der Waals surface area (Å²) >= 11 is 1.75. The number of carboxylic acids is 1. The van der Waals surface area contributed by atoms with E-state index in [0.717, 1.165) is 0 Å². The first-order chi connectivity index (χ1) is 11.0. The Balaban J connectivity index is 2.51. The minimum absolute atomic E-state index is 0.119. The minimum Gasteiger partial charge on any atom is -0.481 e. The largest absolute Gasteiger partial charge is 0.481 e. The predicted octanol–water partition coefficient (Wildman–Crippen LogP) is 2.45. The molecule has 1 aliphatic rings. The first-order valence-electron chi connectivity index (χ1n) is 8.13. The first kappa shape index (κ1) is 21.1. The van der Waals surface area contributed by atoms with Crippen LogP contribution in [0, 0.1) is 17.8 Å². The summed E-state index contributed by atoms with van der Waals surface area (Å²) in [7, 11) is 0. The van der Waals surface area contributed by atoms with Crippen molar-refractivity contribution in [2.75, 3.05) is 0 Å². The Morgan fingerprint density at radius 3 is 2.21 bits per heavy atom. The monoisotopic (exact) mass is 455 g/mol. The summed E-state index contributed by atoms with van der Waals surface area (Å²) < 4.78 is 9.01. The zero-order valence-electron chi connectivity index (χ0n) is 14.3. The number of rotatable bonds is 7. The van der Waals surface area contributed by atoms with Gasteiger partial charge in [-0.2, -0.15) is 0 Å². The number of carbonyl (C=O) groups is 3. The SMILES string of the molecule is CC(C)CC(=O)OC(C)(I)OC(=O)C(N)C1CCC(C(=O)O)CC1. The van der Waals surface area contributed by atoms with Crippen LogP contribution in [0.4, 0.5) is 0 Å². The average molecular weight is 455 g/mol. The van der Waals surface area contributed by atoms with E-state index in [-0.39, 0.29) is 24.2 Å². The zero-order chi connectivity index (χ0) is 18.5. The smallest absolute Gasteiger partial charge is 0.327 e. The van der Waals surface area contributed by atoms with Gasteiger partial charge in [0.15, 0.2) is 0 Å². The van der Waals surface area contributed by atoms with Crippen LogP contribution >= 0.6 is 22.6 Å². The molecule has 1 saturated carbocycles. The predicted molar refractivity (Wildman–Crippen MR) is 95.1 cm³/mol. The van der Waals surface area contributed by atoms with Crippen LogP contribution in [-0.4, -0.2) is 32.9 Å². The van der Waals surface area contributed by atoms with Gasteiger partial charge in [-0.3, -0.25) is 14.4 Å². The summed E-state index contributed by atoms with van der Waals surface area (Å²) in [5.74, 6) is -2.22. The van der Waals surface area contributed by atoms with E-state index in [1.54, 1.807) is 22.6 Å². The van der Waals surface area contributed by atoms with E-state index in [9.17, 15) is 14.4 Å². The molecule has 7 nitrogen and oxygen atoms in total. The lowest BCUT2D eigenvalue weighted by molar-refractivity contribution is -0.191. The quantitative estimate of drug-likeness (QED) is 0.262. The number of hydrogen-bond acceptors (Lipinski definition) is 6. The number of nitrogens with two attached hydrogens (primary N) is 1. The Hall–Kier alpha value is -0.900. The average Bonchev–Trinajstić information content (AvgIpc) is 2.44. The lowest BCUT2D eigenvalue weighted by Gasteiger charge is -2.31. The highest BCUT2D eigenvalue weighted by Crippen LogP contribution is 2.32. The number of carboxylic acid groups (broad SMARTS) is 1. The van der Waals surface area contributed by atoms with Gasteiger partial charge >= 0.3 is 21.7 Å². The van der Waals surface area contributed by atoms with Gasteiger partial charge in [0.05, 0.1) is 5.92 Å². The Labute approximate surface area is 155 Å². The highest BCUT2D eigenvalue weighted by molar-refractivity contribution is 14.1. The molecule has 0 aliphatic heterocycles. The van der Waals surface area contributed by atoms with Crippen molar-refractivity contribution in [1.82, 2.24) is 0 Å². The van der Waals surface area contributed by atoms with Crippen LogP contribution in [0.3, 0.4) is 0 Å². The number of esters is 2. The second-order valence-electron chi connectivity index (χ2n) is 6.80. The molecule has 24 heavy (non-hydrogen) atoms. The second kappa shape index (κ2) is 8.98. The van der Waals surface area contributed by atoms with E-state index in [4.69, 9.17) is 20.3 Å². The molecular weight excluding hydrogens is 429 g/mol. The van der Waals surface area contributed by atoms with Gasteiger partial charge < -0.3 is 20.3 Å². The van der Waals surface area contributed by atoms with Crippen molar-refractivity contribution in [3.63, 3.8) is 0 Å². The molecule has 0 saturated heterocycles. The Morgan fingerprint density at radius 1 is 1.21 bits per heavy atom. The van der Waals surface area contributed by atoms with Crippen molar-refractivity contribution in [3.8, 4) is 0 Å². The molecule has 0 heterocycles. The molecule has 1 fully saturated rings. The highest BCUT2D eigenvalue weighted by atomic mass is 127. The maximum atomic E-state index is 12.2. The van der Waals surface area contributed by atoms with Crippen LogP contribution in [-0.2, 0) is 23.9 Å². The topological polar surface area (TPSA) is 116 Å². The number of aliphatic carboxylic acids is 1. The van der Waals surface area contributed by atoms with Gasteiger partial charge in [-0.25, -0.2) is 0 Å². The van der Waals surface area contributed by atoms with Crippen molar-refractivity contribution in [2.45, 2.75) is 62.7 Å². The zero-order valence-corrected chi connectivity index (χ0v) is 16.4. The fraction of sp³-hybridized carbons (Fsp3) is 0.812. The van der Waals surface area contributed by atoms with Gasteiger partial charge in [0.25, 0.3) is 0 Å². The maximum absolute atomic E-state index is 12.2. The van der Waals surface area contributed by atoms with E-state index < -0.39 is 27.7 Å². The maximum Gasteiger partial charge on any atom is 0.327 e. The van der Waals surface area contributed by atoms with Crippen LogP contribution in [0.5, 0.6) is 0 Å². The van der Waals surface area contributed by atoms with E-state index in [1.807, 2.05) is 13.8 Å². The lowest BCUT2D eigenvalue weighted by Crippen LogP contribution is -2.45.